The van der Waals surface area contributed by atoms with Crippen molar-refractivity contribution in [2.75, 3.05) is 31.3 Å². The predicted molar refractivity (Wildman–Crippen MR) is 69.7 cm³/mol. The number of nitrogens with two attached hydrogens (primary N) is 1. The van der Waals surface area contributed by atoms with Gasteiger partial charge in [-0.25, -0.2) is 4.79 Å². The van der Waals surface area contributed by atoms with Gasteiger partial charge >= 0.3 is 5.97 Å². The first-order valence-electron chi connectivity index (χ1n) is 6.04. The molecule has 1 aliphatic rings. The van der Waals surface area contributed by atoms with Crippen molar-refractivity contribution in [1.29, 1.82) is 0 Å². The first-order chi connectivity index (χ1) is 8.70. The zero-order chi connectivity index (χ0) is 13.0. The maximum Gasteiger partial charge on any atom is 0.337 e. The SMILES string of the molecule is COC(=O)c1ccc(N)c(NC[C@@H]2CCCO2)c1. The van der Waals surface area contributed by atoms with Gasteiger partial charge in [0.2, 0.25) is 0 Å². The van der Waals surface area contributed by atoms with E-state index >= 15 is 0 Å². The van der Waals surface area contributed by atoms with Crippen LogP contribution in [0.1, 0.15) is 23.2 Å². The highest BCUT2D eigenvalue weighted by Crippen LogP contribution is 2.21. The molecular formula is C13H18N2O3. The van der Waals surface area contributed by atoms with E-state index in [-0.39, 0.29) is 12.1 Å². The normalized spacial score (nSPS) is 18.6. The molecule has 1 aromatic carbocycles. The molecule has 0 radical (unpaired) electrons. The van der Waals surface area contributed by atoms with E-state index in [0.29, 0.717) is 17.8 Å². The van der Waals surface area contributed by atoms with Gasteiger partial charge in [0.1, 0.15) is 0 Å². The van der Waals surface area contributed by atoms with Crippen LogP contribution in [-0.2, 0) is 9.47 Å². The Morgan fingerprint density at radius 3 is 3.11 bits per heavy atom. The van der Waals surface area contributed by atoms with E-state index in [4.69, 9.17) is 10.5 Å². The molecule has 98 valence electrons. The fourth-order valence-electron chi connectivity index (χ4n) is 1.98. The minimum absolute atomic E-state index is 0.228. The van der Waals surface area contributed by atoms with Crippen LogP contribution in [-0.4, -0.2) is 32.3 Å². The Hall–Kier alpha value is -1.75. The Labute approximate surface area is 106 Å². The maximum absolute atomic E-state index is 11.4. The van der Waals surface area contributed by atoms with Crippen molar-refractivity contribution in [2.45, 2.75) is 18.9 Å². The van der Waals surface area contributed by atoms with Gasteiger partial charge in [-0.1, -0.05) is 0 Å². The summed E-state index contributed by atoms with van der Waals surface area (Å²) in [5.74, 6) is -0.366. The van der Waals surface area contributed by atoms with Crippen LogP contribution in [0.4, 0.5) is 11.4 Å². The molecule has 5 nitrogen and oxygen atoms in total. The minimum atomic E-state index is -0.366. The molecule has 1 fully saturated rings. The molecule has 1 aromatic rings. The lowest BCUT2D eigenvalue weighted by Crippen LogP contribution is -2.19. The van der Waals surface area contributed by atoms with E-state index in [1.54, 1.807) is 18.2 Å². The van der Waals surface area contributed by atoms with Crippen LogP contribution in [0.3, 0.4) is 0 Å². The average molecular weight is 250 g/mol. The monoisotopic (exact) mass is 250 g/mol. The van der Waals surface area contributed by atoms with Crippen molar-refractivity contribution in [1.82, 2.24) is 0 Å². The van der Waals surface area contributed by atoms with Gasteiger partial charge in [0.25, 0.3) is 0 Å². The second-order valence-electron chi connectivity index (χ2n) is 4.31. The highest BCUT2D eigenvalue weighted by Gasteiger charge is 2.16. The fraction of sp³-hybridized carbons (Fsp3) is 0.462. The zero-order valence-electron chi connectivity index (χ0n) is 10.4. The Bertz CT molecular complexity index is 428. The highest BCUT2D eigenvalue weighted by atomic mass is 16.5. The Morgan fingerprint density at radius 2 is 2.44 bits per heavy atom. The maximum atomic E-state index is 11.4. The number of rotatable bonds is 4. The molecule has 0 unspecified atom stereocenters. The van der Waals surface area contributed by atoms with E-state index in [0.717, 1.165) is 25.1 Å². The molecule has 1 atom stereocenters. The van der Waals surface area contributed by atoms with Gasteiger partial charge in [-0.05, 0) is 31.0 Å². The summed E-state index contributed by atoms with van der Waals surface area (Å²) in [7, 11) is 1.36. The molecule has 0 saturated carbocycles. The van der Waals surface area contributed by atoms with Gasteiger partial charge in [-0.15, -0.1) is 0 Å². The van der Waals surface area contributed by atoms with Crippen molar-refractivity contribution in [2.24, 2.45) is 0 Å². The van der Waals surface area contributed by atoms with Gasteiger partial charge in [-0.2, -0.15) is 0 Å². The molecule has 1 aliphatic heterocycles. The predicted octanol–water partition coefficient (Wildman–Crippen LogP) is 1.65. The quantitative estimate of drug-likeness (QED) is 0.628. The number of benzene rings is 1. The van der Waals surface area contributed by atoms with Gasteiger partial charge in [0.05, 0.1) is 30.2 Å². The molecule has 0 bridgehead atoms. The smallest absolute Gasteiger partial charge is 0.337 e. The number of carbonyl (C=O) groups is 1. The number of esters is 1. The van der Waals surface area contributed by atoms with Gasteiger partial charge in [0, 0.05) is 13.2 Å². The lowest BCUT2D eigenvalue weighted by Gasteiger charge is -2.14. The first-order valence-corrected chi connectivity index (χ1v) is 6.04. The summed E-state index contributed by atoms with van der Waals surface area (Å²) in [6.45, 7) is 1.53. The van der Waals surface area contributed by atoms with Crippen LogP contribution in [0, 0.1) is 0 Å². The highest BCUT2D eigenvalue weighted by molar-refractivity contribution is 5.91. The van der Waals surface area contributed by atoms with E-state index in [1.165, 1.54) is 7.11 Å². The molecule has 0 aromatic heterocycles. The van der Waals surface area contributed by atoms with Gasteiger partial charge in [-0.3, -0.25) is 0 Å². The third-order valence-corrected chi connectivity index (χ3v) is 3.02. The molecule has 0 aliphatic carbocycles. The fourth-order valence-corrected chi connectivity index (χ4v) is 1.98. The molecule has 0 amide bonds. The summed E-state index contributed by atoms with van der Waals surface area (Å²) in [6, 6.07) is 5.05. The number of ether oxygens (including phenoxy) is 2. The standard InChI is InChI=1S/C13H18N2O3/c1-17-13(16)9-4-5-11(14)12(7-9)15-8-10-3-2-6-18-10/h4-5,7,10,15H,2-3,6,8,14H2,1H3/t10-/m0/s1. The van der Waals surface area contributed by atoms with Crippen molar-refractivity contribution < 1.29 is 14.3 Å². The number of methoxy groups -OCH3 is 1. The summed E-state index contributed by atoms with van der Waals surface area (Å²) < 4.78 is 10.2. The summed E-state index contributed by atoms with van der Waals surface area (Å²) in [6.07, 6.45) is 2.39. The van der Waals surface area contributed by atoms with Crippen molar-refractivity contribution >= 4 is 17.3 Å². The number of nitrogen functional groups attached to an aromatic ring is 1. The first kappa shape index (κ1) is 12.7. The molecule has 2 rings (SSSR count). The topological polar surface area (TPSA) is 73.6 Å². The number of anilines is 2. The van der Waals surface area contributed by atoms with Gasteiger partial charge < -0.3 is 20.5 Å². The average Bonchev–Trinajstić information content (AvgIpc) is 2.90. The summed E-state index contributed by atoms with van der Waals surface area (Å²) >= 11 is 0. The molecule has 1 heterocycles. The van der Waals surface area contributed by atoms with Gasteiger partial charge in [0.15, 0.2) is 0 Å². The Kier molecular flexibility index (Phi) is 4.04. The molecule has 1 saturated heterocycles. The molecule has 5 heteroatoms. The minimum Gasteiger partial charge on any atom is -0.465 e. The lowest BCUT2D eigenvalue weighted by atomic mass is 10.1. The van der Waals surface area contributed by atoms with E-state index in [2.05, 4.69) is 10.1 Å². The second-order valence-corrected chi connectivity index (χ2v) is 4.31. The molecule has 18 heavy (non-hydrogen) atoms. The van der Waals surface area contributed by atoms with E-state index < -0.39 is 0 Å². The molecular weight excluding hydrogens is 232 g/mol. The van der Waals surface area contributed by atoms with Crippen molar-refractivity contribution in [3.63, 3.8) is 0 Å². The van der Waals surface area contributed by atoms with Crippen LogP contribution in [0.2, 0.25) is 0 Å². The van der Waals surface area contributed by atoms with Crippen LogP contribution in [0.5, 0.6) is 0 Å². The van der Waals surface area contributed by atoms with E-state index in [9.17, 15) is 4.79 Å². The third kappa shape index (κ3) is 2.92. The van der Waals surface area contributed by atoms with Crippen molar-refractivity contribution in [3.8, 4) is 0 Å². The van der Waals surface area contributed by atoms with Crippen LogP contribution < -0.4 is 11.1 Å². The van der Waals surface area contributed by atoms with Crippen LogP contribution in [0.15, 0.2) is 18.2 Å². The lowest BCUT2D eigenvalue weighted by molar-refractivity contribution is 0.0601. The van der Waals surface area contributed by atoms with E-state index in [1.807, 2.05) is 0 Å². The largest absolute Gasteiger partial charge is 0.465 e. The van der Waals surface area contributed by atoms with Crippen molar-refractivity contribution in [3.05, 3.63) is 23.8 Å². The molecule has 0 spiro atoms. The molecule has 3 N–H and O–H groups in total. The second kappa shape index (κ2) is 5.73. The summed E-state index contributed by atoms with van der Waals surface area (Å²) in [4.78, 5) is 11.4. The zero-order valence-corrected chi connectivity index (χ0v) is 10.4. The third-order valence-electron chi connectivity index (χ3n) is 3.02. The number of hydrogen-bond donors (Lipinski definition) is 2. The number of nitrogens with one attached hydrogen (secondary N) is 1. The number of carbonyl (C=O) groups excluding carboxylic acids is 1. The Morgan fingerprint density at radius 1 is 1.61 bits per heavy atom. The summed E-state index contributed by atoms with van der Waals surface area (Å²) in [5.41, 5.74) is 7.70. The Balaban J connectivity index is 2.03. The summed E-state index contributed by atoms with van der Waals surface area (Å²) in [5, 5.41) is 3.22. The van der Waals surface area contributed by atoms with Crippen LogP contribution >= 0.6 is 0 Å². The van der Waals surface area contributed by atoms with Crippen LogP contribution in [0.25, 0.3) is 0 Å². The number of hydrogen-bond acceptors (Lipinski definition) is 5.